The molecule has 1 heterocycles. The maximum Gasteiger partial charge on any atom is 0.0456 e. The monoisotopic (exact) mass is 216 g/mol. The van der Waals surface area contributed by atoms with Crippen molar-refractivity contribution in [1.82, 2.24) is 4.98 Å². The zero-order valence-electron chi connectivity index (χ0n) is 10.0. The van der Waals surface area contributed by atoms with Crippen LogP contribution in [-0.2, 0) is 0 Å². The van der Waals surface area contributed by atoms with Crippen LogP contribution in [0.4, 0.5) is 0 Å². The first-order valence-electron chi connectivity index (χ1n) is 6.05. The molecule has 0 amide bonds. The second-order valence-electron chi connectivity index (χ2n) is 4.54. The minimum Gasteiger partial charge on any atom is -0.361 e. The van der Waals surface area contributed by atoms with Crippen molar-refractivity contribution in [3.05, 3.63) is 36.0 Å². The fraction of sp³-hybridized carbons (Fsp3) is 0.429. The van der Waals surface area contributed by atoms with Crippen LogP contribution in [0.15, 0.2) is 30.5 Å². The summed E-state index contributed by atoms with van der Waals surface area (Å²) in [6, 6.07) is 8.64. The molecular formula is C14H20N2. The summed E-state index contributed by atoms with van der Waals surface area (Å²) in [4.78, 5) is 3.33. The molecule has 0 saturated carbocycles. The highest BCUT2D eigenvalue weighted by Crippen LogP contribution is 2.30. The summed E-state index contributed by atoms with van der Waals surface area (Å²) < 4.78 is 0. The van der Waals surface area contributed by atoms with E-state index in [9.17, 15) is 0 Å². The molecule has 0 aliphatic carbocycles. The van der Waals surface area contributed by atoms with Crippen molar-refractivity contribution in [2.75, 3.05) is 0 Å². The van der Waals surface area contributed by atoms with Gasteiger partial charge in [0.2, 0.25) is 0 Å². The molecule has 16 heavy (non-hydrogen) atoms. The smallest absolute Gasteiger partial charge is 0.0456 e. The molecule has 86 valence electrons. The third kappa shape index (κ3) is 1.98. The van der Waals surface area contributed by atoms with E-state index in [0.29, 0.717) is 5.92 Å². The van der Waals surface area contributed by atoms with E-state index in [-0.39, 0.29) is 6.04 Å². The highest BCUT2D eigenvalue weighted by molar-refractivity contribution is 5.83. The number of nitrogens with two attached hydrogens (primary N) is 1. The largest absolute Gasteiger partial charge is 0.361 e. The Morgan fingerprint density at radius 1 is 1.31 bits per heavy atom. The van der Waals surface area contributed by atoms with Crippen LogP contribution >= 0.6 is 0 Å². The van der Waals surface area contributed by atoms with Gasteiger partial charge in [0.05, 0.1) is 0 Å². The number of aromatic nitrogens is 1. The quantitative estimate of drug-likeness (QED) is 0.808. The van der Waals surface area contributed by atoms with Gasteiger partial charge in [-0.25, -0.2) is 0 Å². The Labute approximate surface area is 96.9 Å². The average molecular weight is 216 g/mol. The average Bonchev–Trinajstić information content (AvgIpc) is 2.69. The lowest BCUT2D eigenvalue weighted by molar-refractivity contribution is 0.527. The number of nitrogens with one attached hydrogen (secondary N) is 1. The molecule has 0 radical (unpaired) electrons. The van der Waals surface area contributed by atoms with Crippen molar-refractivity contribution >= 4 is 10.9 Å². The van der Waals surface area contributed by atoms with E-state index in [1.165, 1.54) is 22.9 Å². The molecule has 0 aliphatic heterocycles. The molecule has 2 heteroatoms. The van der Waals surface area contributed by atoms with Crippen molar-refractivity contribution < 1.29 is 0 Å². The number of H-pyrrole nitrogens is 1. The molecule has 1 aromatic heterocycles. The SMILES string of the molecule is CCCC(c1c[nH]c2ccccc12)[C@@H](C)N. The van der Waals surface area contributed by atoms with Crippen LogP contribution in [0.5, 0.6) is 0 Å². The Morgan fingerprint density at radius 3 is 2.75 bits per heavy atom. The molecule has 2 nitrogen and oxygen atoms in total. The molecule has 2 aromatic rings. The standard InChI is InChI=1S/C14H20N2/c1-3-6-11(10(2)15)13-9-16-14-8-5-4-7-12(13)14/h4-5,7-11,16H,3,6,15H2,1-2H3/t10-,11?/m1/s1. The van der Waals surface area contributed by atoms with Crippen molar-refractivity contribution in [3.63, 3.8) is 0 Å². The van der Waals surface area contributed by atoms with Gasteiger partial charge in [0.1, 0.15) is 0 Å². The third-order valence-electron chi connectivity index (χ3n) is 3.26. The summed E-state index contributed by atoms with van der Waals surface area (Å²) in [5.74, 6) is 0.459. The van der Waals surface area contributed by atoms with Crippen molar-refractivity contribution in [1.29, 1.82) is 0 Å². The molecule has 0 bridgehead atoms. The Morgan fingerprint density at radius 2 is 2.06 bits per heavy atom. The first-order chi connectivity index (χ1) is 7.74. The van der Waals surface area contributed by atoms with E-state index in [4.69, 9.17) is 5.73 Å². The lowest BCUT2D eigenvalue weighted by Crippen LogP contribution is -2.24. The fourth-order valence-corrected chi connectivity index (χ4v) is 2.41. The predicted octanol–water partition coefficient (Wildman–Crippen LogP) is 3.40. The molecular weight excluding hydrogens is 196 g/mol. The lowest BCUT2D eigenvalue weighted by atomic mass is 9.89. The maximum absolute atomic E-state index is 6.09. The van der Waals surface area contributed by atoms with E-state index in [1.807, 2.05) is 0 Å². The molecule has 3 N–H and O–H groups in total. The van der Waals surface area contributed by atoms with Crippen LogP contribution in [0.1, 0.15) is 38.2 Å². The van der Waals surface area contributed by atoms with Gasteiger partial charge in [-0.15, -0.1) is 0 Å². The highest BCUT2D eigenvalue weighted by Gasteiger charge is 2.18. The van der Waals surface area contributed by atoms with E-state index in [0.717, 1.165) is 6.42 Å². The van der Waals surface area contributed by atoms with Crippen LogP contribution in [-0.4, -0.2) is 11.0 Å². The van der Waals surface area contributed by atoms with E-state index in [2.05, 4.69) is 49.3 Å². The number of hydrogen-bond acceptors (Lipinski definition) is 1. The first-order valence-corrected chi connectivity index (χ1v) is 6.05. The zero-order chi connectivity index (χ0) is 11.5. The number of rotatable bonds is 4. The second-order valence-corrected chi connectivity index (χ2v) is 4.54. The number of hydrogen-bond donors (Lipinski definition) is 2. The van der Waals surface area contributed by atoms with Crippen molar-refractivity contribution in [2.24, 2.45) is 5.73 Å². The number of aromatic amines is 1. The van der Waals surface area contributed by atoms with Gasteiger partial charge in [-0.2, -0.15) is 0 Å². The van der Waals surface area contributed by atoms with E-state index in [1.54, 1.807) is 0 Å². The maximum atomic E-state index is 6.09. The molecule has 1 aromatic carbocycles. The summed E-state index contributed by atoms with van der Waals surface area (Å²) in [5.41, 5.74) is 8.67. The summed E-state index contributed by atoms with van der Waals surface area (Å²) >= 11 is 0. The third-order valence-corrected chi connectivity index (χ3v) is 3.26. The topological polar surface area (TPSA) is 41.8 Å². The molecule has 2 rings (SSSR count). The van der Waals surface area contributed by atoms with Crippen molar-refractivity contribution in [2.45, 2.75) is 38.6 Å². The van der Waals surface area contributed by atoms with Gasteiger partial charge in [0, 0.05) is 29.1 Å². The number of fused-ring (bicyclic) bond motifs is 1. The highest BCUT2D eigenvalue weighted by atomic mass is 14.7. The van der Waals surface area contributed by atoms with E-state index < -0.39 is 0 Å². The van der Waals surface area contributed by atoms with Gasteiger partial charge < -0.3 is 10.7 Å². The van der Waals surface area contributed by atoms with Gasteiger partial charge in [-0.1, -0.05) is 31.5 Å². The van der Waals surface area contributed by atoms with Crippen LogP contribution < -0.4 is 5.73 Å². The Balaban J connectivity index is 2.44. The molecule has 0 spiro atoms. The lowest BCUT2D eigenvalue weighted by Gasteiger charge is -2.19. The van der Waals surface area contributed by atoms with Crippen LogP contribution in [0.25, 0.3) is 10.9 Å². The number of benzene rings is 1. The predicted molar refractivity (Wildman–Crippen MR) is 69.6 cm³/mol. The van der Waals surface area contributed by atoms with Crippen molar-refractivity contribution in [3.8, 4) is 0 Å². The van der Waals surface area contributed by atoms with Gasteiger partial charge in [-0.3, -0.25) is 0 Å². The van der Waals surface area contributed by atoms with E-state index >= 15 is 0 Å². The van der Waals surface area contributed by atoms with Gasteiger partial charge in [-0.05, 0) is 25.0 Å². The Bertz CT molecular complexity index is 456. The van der Waals surface area contributed by atoms with Gasteiger partial charge in [0.15, 0.2) is 0 Å². The second kappa shape index (κ2) is 4.71. The summed E-state index contributed by atoms with van der Waals surface area (Å²) in [5, 5.41) is 1.32. The molecule has 0 aliphatic rings. The summed E-state index contributed by atoms with van der Waals surface area (Å²) in [6.45, 7) is 4.31. The minimum absolute atomic E-state index is 0.208. The Kier molecular flexibility index (Phi) is 3.30. The van der Waals surface area contributed by atoms with Gasteiger partial charge >= 0.3 is 0 Å². The van der Waals surface area contributed by atoms with Crippen LogP contribution in [0.2, 0.25) is 0 Å². The summed E-state index contributed by atoms with van der Waals surface area (Å²) in [6.07, 6.45) is 4.44. The van der Waals surface area contributed by atoms with Crippen LogP contribution in [0, 0.1) is 0 Å². The van der Waals surface area contributed by atoms with Gasteiger partial charge in [0.25, 0.3) is 0 Å². The molecule has 0 fully saturated rings. The number of para-hydroxylation sites is 1. The molecule has 0 saturated heterocycles. The molecule has 2 atom stereocenters. The Hall–Kier alpha value is -1.28. The first kappa shape index (κ1) is 11.2. The molecule has 1 unspecified atom stereocenters. The zero-order valence-corrected chi connectivity index (χ0v) is 10.0. The fourth-order valence-electron chi connectivity index (χ4n) is 2.41. The minimum atomic E-state index is 0.208. The normalized spacial score (nSPS) is 15.2. The van der Waals surface area contributed by atoms with Crippen LogP contribution in [0.3, 0.4) is 0 Å². The summed E-state index contributed by atoms with van der Waals surface area (Å²) in [7, 11) is 0.